The van der Waals surface area contributed by atoms with Gasteiger partial charge in [0, 0.05) is 18.7 Å². The van der Waals surface area contributed by atoms with Crippen molar-refractivity contribution >= 4 is 5.91 Å². The van der Waals surface area contributed by atoms with Crippen molar-refractivity contribution in [2.75, 3.05) is 6.54 Å². The fraction of sp³-hybridized carbons (Fsp3) is 0.190. The summed E-state index contributed by atoms with van der Waals surface area (Å²) in [5, 5.41) is 2.97. The molecule has 25 heavy (non-hydrogen) atoms. The first-order chi connectivity index (χ1) is 12.2. The first-order valence-electron chi connectivity index (χ1n) is 8.42. The quantitative estimate of drug-likeness (QED) is 0.748. The summed E-state index contributed by atoms with van der Waals surface area (Å²) in [4.78, 5) is 20.4. The highest BCUT2D eigenvalue weighted by molar-refractivity contribution is 5.92. The van der Waals surface area contributed by atoms with Gasteiger partial charge in [0.1, 0.15) is 11.5 Å². The number of nitrogens with one attached hydrogen (secondary N) is 1. The van der Waals surface area contributed by atoms with E-state index in [2.05, 4.69) is 39.6 Å². The molecule has 3 aromatic rings. The maximum atomic E-state index is 12.3. The van der Waals surface area contributed by atoms with Gasteiger partial charge in [0.05, 0.1) is 0 Å². The molecular formula is C21H21N3O. The summed E-state index contributed by atoms with van der Waals surface area (Å²) >= 11 is 0. The van der Waals surface area contributed by atoms with Crippen molar-refractivity contribution in [2.45, 2.75) is 19.3 Å². The van der Waals surface area contributed by atoms with Crippen molar-refractivity contribution in [2.24, 2.45) is 0 Å². The predicted octanol–water partition coefficient (Wildman–Crippen LogP) is 3.74. The van der Waals surface area contributed by atoms with E-state index in [1.807, 2.05) is 36.4 Å². The van der Waals surface area contributed by atoms with Gasteiger partial charge in [0.2, 0.25) is 0 Å². The van der Waals surface area contributed by atoms with E-state index in [-0.39, 0.29) is 11.8 Å². The molecule has 126 valence electrons. The number of hydrogen-bond donors (Lipinski definition) is 1. The zero-order valence-corrected chi connectivity index (χ0v) is 14.2. The van der Waals surface area contributed by atoms with E-state index in [4.69, 9.17) is 0 Å². The highest BCUT2D eigenvalue weighted by Crippen LogP contribution is 2.27. The molecule has 0 radical (unpaired) electrons. The van der Waals surface area contributed by atoms with Crippen LogP contribution in [0.3, 0.4) is 0 Å². The van der Waals surface area contributed by atoms with Crippen molar-refractivity contribution in [1.29, 1.82) is 0 Å². The second-order valence-corrected chi connectivity index (χ2v) is 5.91. The Morgan fingerprint density at radius 2 is 1.56 bits per heavy atom. The van der Waals surface area contributed by atoms with Crippen LogP contribution in [0, 0.1) is 6.92 Å². The molecule has 4 heteroatoms. The van der Waals surface area contributed by atoms with Gasteiger partial charge in [-0.05, 0) is 30.5 Å². The van der Waals surface area contributed by atoms with Gasteiger partial charge in [-0.3, -0.25) is 4.79 Å². The number of aryl methyl sites for hydroxylation is 1. The molecule has 1 heterocycles. The van der Waals surface area contributed by atoms with Crippen molar-refractivity contribution < 1.29 is 4.79 Å². The highest BCUT2D eigenvalue weighted by Gasteiger charge is 2.15. The number of amides is 1. The number of carbonyl (C=O) groups is 1. The molecule has 1 amide bonds. The van der Waals surface area contributed by atoms with Crippen LogP contribution >= 0.6 is 0 Å². The molecule has 0 saturated carbocycles. The average molecular weight is 331 g/mol. The lowest BCUT2D eigenvalue weighted by Gasteiger charge is -2.18. The molecule has 1 aromatic heterocycles. The van der Waals surface area contributed by atoms with Crippen LogP contribution in [0.25, 0.3) is 0 Å². The zero-order valence-electron chi connectivity index (χ0n) is 14.2. The highest BCUT2D eigenvalue weighted by atomic mass is 16.1. The number of benzene rings is 2. The number of hydrogen-bond acceptors (Lipinski definition) is 3. The molecule has 3 rings (SSSR count). The minimum Gasteiger partial charge on any atom is -0.351 e. The van der Waals surface area contributed by atoms with E-state index >= 15 is 0 Å². The monoisotopic (exact) mass is 331 g/mol. The molecule has 0 aliphatic carbocycles. The fourth-order valence-electron chi connectivity index (χ4n) is 2.90. The van der Waals surface area contributed by atoms with Crippen LogP contribution in [0.1, 0.15) is 39.8 Å². The third kappa shape index (κ3) is 4.51. The van der Waals surface area contributed by atoms with Gasteiger partial charge in [-0.2, -0.15) is 0 Å². The van der Waals surface area contributed by atoms with Gasteiger partial charge in [0.15, 0.2) is 0 Å². The Morgan fingerprint density at radius 1 is 0.960 bits per heavy atom. The SMILES string of the molecule is Cc1nccc(C(=O)NCCC(c2ccccc2)c2ccccc2)n1. The molecule has 1 N–H and O–H groups in total. The van der Waals surface area contributed by atoms with Crippen LogP contribution in [0.15, 0.2) is 72.9 Å². The molecular weight excluding hydrogens is 310 g/mol. The maximum absolute atomic E-state index is 12.3. The summed E-state index contributed by atoms with van der Waals surface area (Å²) in [6.07, 6.45) is 2.43. The lowest BCUT2D eigenvalue weighted by molar-refractivity contribution is 0.0947. The van der Waals surface area contributed by atoms with Crippen LogP contribution in [-0.4, -0.2) is 22.4 Å². The Bertz CT molecular complexity index is 779. The number of nitrogens with zero attached hydrogens (tertiary/aromatic N) is 2. The van der Waals surface area contributed by atoms with Crippen molar-refractivity contribution in [1.82, 2.24) is 15.3 Å². The average Bonchev–Trinajstić information content (AvgIpc) is 2.66. The van der Waals surface area contributed by atoms with Crippen LogP contribution < -0.4 is 5.32 Å². The summed E-state index contributed by atoms with van der Waals surface area (Å²) in [7, 11) is 0. The molecule has 4 nitrogen and oxygen atoms in total. The van der Waals surface area contributed by atoms with Gasteiger partial charge in [-0.15, -0.1) is 0 Å². The summed E-state index contributed by atoms with van der Waals surface area (Å²) in [6.45, 7) is 2.36. The van der Waals surface area contributed by atoms with Crippen molar-refractivity contribution in [3.8, 4) is 0 Å². The normalized spacial score (nSPS) is 10.6. The summed E-state index contributed by atoms with van der Waals surface area (Å²) < 4.78 is 0. The second-order valence-electron chi connectivity index (χ2n) is 5.91. The lowest BCUT2D eigenvalue weighted by atomic mass is 9.88. The molecule has 0 fully saturated rings. The smallest absolute Gasteiger partial charge is 0.270 e. The molecule has 2 aromatic carbocycles. The molecule has 0 saturated heterocycles. The number of aromatic nitrogens is 2. The summed E-state index contributed by atoms with van der Waals surface area (Å²) in [6, 6.07) is 22.4. The lowest BCUT2D eigenvalue weighted by Crippen LogP contribution is -2.27. The Kier molecular flexibility index (Phi) is 5.52. The minimum atomic E-state index is -0.162. The van der Waals surface area contributed by atoms with Crippen LogP contribution in [0.5, 0.6) is 0 Å². The van der Waals surface area contributed by atoms with E-state index in [0.717, 1.165) is 6.42 Å². The molecule has 0 bridgehead atoms. The summed E-state index contributed by atoms with van der Waals surface area (Å²) in [5.41, 5.74) is 2.91. The Labute approximate surface area is 148 Å². The van der Waals surface area contributed by atoms with Crippen LogP contribution in [0.2, 0.25) is 0 Å². The van der Waals surface area contributed by atoms with E-state index in [0.29, 0.717) is 18.1 Å². The maximum Gasteiger partial charge on any atom is 0.270 e. The van der Waals surface area contributed by atoms with Crippen LogP contribution in [-0.2, 0) is 0 Å². The van der Waals surface area contributed by atoms with E-state index in [1.165, 1.54) is 11.1 Å². The Hall–Kier alpha value is -3.01. The van der Waals surface area contributed by atoms with E-state index in [9.17, 15) is 4.79 Å². The van der Waals surface area contributed by atoms with Gasteiger partial charge in [0.25, 0.3) is 5.91 Å². The topological polar surface area (TPSA) is 54.9 Å². The summed E-state index contributed by atoms with van der Waals surface area (Å²) in [5.74, 6) is 0.680. The first kappa shape index (κ1) is 16.8. The standard InChI is InChI=1S/C21H21N3O/c1-16-22-15-13-20(24-16)21(25)23-14-12-19(17-8-4-2-5-9-17)18-10-6-3-7-11-18/h2-11,13,15,19H,12,14H2,1H3,(H,23,25). The third-order valence-electron chi connectivity index (χ3n) is 4.13. The first-order valence-corrected chi connectivity index (χ1v) is 8.42. The van der Waals surface area contributed by atoms with Crippen molar-refractivity contribution in [3.63, 3.8) is 0 Å². The molecule has 0 spiro atoms. The molecule has 0 atom stereocenters. The largest absolute Gasteiger partial charge is 0.351 e. The fourth-order valence-corrected chi connectivity index (χ4v) is 2.90. The van der Waals surface area contributed by atoms with Crippen molar-refractivity contribution in [3.05, 3.63) is 95.6 Å². The molecule has 0 aliphatic heterocycles. The molecule has 0 unspecified atom stereocenters. The van der Waals surface area contributed by atoms with Gasteiger partial charge < -0.3 is 5.32 Å². The minimum absolute atomic E-state index is 0.162. The third-order valence-corrected chi connectivity index (χ3v) is 4.13. The van der Waals surface area contributed by atoms with Gasteiger partial charge in [-0.25, -0.2) is 9.97 Å². The van der Waals surface area contributed by atoms with E-state index < -0.39 is 0 Å². The Morgan fingerprint density at radius 3 is 2.12 bits per heavy atom. The van der Waals surface area contributed by atoms with Gasteiger partial charge in [-0.1, -0.05) is 60.7 Å². The Balaban J connectivity index is 1.68. The molecule has 0 aliphatic rings. The van der Waals surface area contributed by atoms with Gasteiger partial charge >= 0.3 is 0 Å². The zero-order chi connectivity index (χ0) is 17.5. The van der Waals surface area contributed by atoms with Crippen LogP contribution in [0.4, 0.5) is 0 Å². The predicted molar refractivity (Wildman–Crippen MR) is 98.4 cm³/mol. The number of carbonyl (C=O) groups excluding carboxylic acids is 1. The second kappa shape index (κ2) is 8.20. The van der Waals surface area contributed by atoms with E-state index in [1.54, 1.807) is 19.2 Å². The number of rotatable bonds is 6.